The molecule has 0 bridgehead atoms. The van der Waals surface area contributed by atoms with E-state index in [9.17, 15) is 0 Å². The monoisotopic (exact) mass is 280 g/mol. The quantitative estimate of drug-likeness (QED) is 0.843. The molecule has 3 nitrogen and oxygen atoms in total. The summed E-state index contributed by atoms with van der Waals surface area (Å²) in [5.41, 5.74) is 7.23. The van der Waals surface area contributed by atoms with Crippen LogP contribution in [0.3, 0.4) is 0 Å². The van der Waals surface area contributed by atoms with Crippen molar-refractivity contribution in [2.75, 3.05) is 19.7 Å². The zero-order chi connectivity index (χ0) is 13.8. The van der Waals surface area contributed by atoms with Crippen molar-refractivity contribution in [3.8, 4) is 5.75 Å². The molecule has 2 rings (SSSR count). The minimum atomic E-state index is 0.283. The predicted octanol–water partition coefficient (Wildman–Crippen LogP) is 2.68. The summed E-state index contributed by atoms with van der Waals surface area (Å²) in [6.07, 6.45) is 1.71. The molecular weight excluding hydrogens is 260 g/mol. The Morgan fingerprint density at radius 2 is 2.32 bits per heavy atom. The van der Waals surface area contributed by atoms with Crippen LogP contribution in [0.2, 0.25) is 5.02 Å². The predicted molar refractivity (Wildman–Crippen MR) is 79.6 cm³/mol. The highest BCUT2D eigenvalue weighted by atomic mass is 35.5. The Kier molecular flexibility index (Phi) is 4.86. The molecule has 2 unspecified atom stereocenters. The number of nitrogens with two attached hydrogens (primary N) is 1. The van der Waals surface area contributed by atoms with Gasteiger partial charge >= 0.3 is 0 Å². The highest BCUT2D eigenvalue weighted by molar-refractivity contribution is 6.32. The van der Waals surface area contributed by atoms with Crippen molar-refractivity contribution in [3.05, 3.63) is 41.4 Å². The molecule has 1 aromatic carbocycles. The zero-order valence-electron chi connectivity index (χ0n) is 11.3. The molecule has 2 N–H and O–H groups in total. The standard InChI is InChI=1S/C15H21ClN2O/c1-3-6-19-15-5-4-12(7-13(15)16)9-18-8-11(2)14(17)10-18/h3-5,7,11,14H,1,6,8-10,17H2,2H3. The molecule has 0 spiro atoms. The fraction of sp³-hybridized carbons (Fsp3) is 0.467. The van der Waals surface area contributed by atoms with E-state index in [1.807, 2.05) is 12.1 Å². The first-order chi connectivity index (χ1) is 9.10. The number of hydrogen-bond donors (Lipinski definition) is 1. The third-order valence-electron chi connectivity index (χ3n) is 3.51. The Bertz CT molecular complexity index is 440. The van der Waals surface area contributed by atoms with Crippen LogP contribution in [0, 0.1) is 5.92 Å². The van der Waals surface area contributed by atoms with Gasteiger partial charge in [-0.2, -0.15) is 0 Å². The van der Waals surface area contributed by atoms with E-state index in [-0.39, 0.29) is 6.04 Å². The maximum atomic E-state index is 6.21. The number of benzene rings is 1. The van der Waals surface area contributed by atoms with Gasteiger partial charge in [-0.05, 0) is 23.6 Å². The molecule has 2 atom stereocenters. The van der Waals surface area contributed by atoms with E-state index in [2.05, 4.69) is 24.5 Å². The van der Waals surface area contributed by atoms with Gasteiger partial charge < -0.3 is 10.5 Å². The number of halogens is 1. The maximum absolute atomic E-state index is 6.21. The summed E-state index contributed by atoms with van der Waals surface area (Å²) < 4.78 is 5.46. The van der Waals surface area contributed by atoms with E-state index in [1.54, 1.807) is 6.08 Å². The van der Waals surface area contributed by atoms with Crippen molar-refractivity contribution >= 4 is 11.6 Å². The molecule has 0 aliphatic carbocycles. The summed E-state index contributed by atoms with van der Waals surface area (Å²) in [4.78, 5) is 2.37. The third kappa shape index (κ3) is 3.72. The molecular formula is C15H21ClN2O. The first-order valence-corrected chi connectivity index (χ1v) is 6.98. The van der Waals surface area contributed by atoms with Gasteiger partial charge in [-0.25, -0.2) is 0 Å². The summed E-state index contributed by atoms with van der Waals surface area (Å²) in [5.74, 6) is 1.27. The van der Waals surface area contributed by atoms with Crippen LogP contribution in [0.4, 0.5) is 0 Å². The van der Waals surface area contributed by atoms with Gasteiger partial charge in [0.1, 0.15) is 12.4 Å². The van der Waals surface area contributed by atoms with Crippen molar-refractivity contribution in [1.82, 2.24) is 4.90 Å². The van der Waals surface area contributed by atoms with E-state index in [4.69, 9.17) is 22.1 Å². The van der Waals surface area contributed by atoms with Crippen LogP contribution in [0.1, 0.15) is 12.5 Å². The van der Waals surface area contributed by atoms with Gasteiger partial charge in [0.05, 0.1) is 5.02 Å². The molecule has 1 heterocycles. The number of ether oxygens (including phenoxy) is 1. The lowest BCUT2D eigenvalue weighted by Gasteiger charge is -2.16. The van der Waals surface area contributed by atoms with Gasteiger partial charge in [-0.1, -0.05) is 37.2 Å². The highest BCUT2D eigenvalue weighted by Crippen LogP contribution is 2.27. The van der Waals surface area contributed by atoms with E-state index < -0.39 is 0 Å². The fourth-order valence-electron chi connectivity index (χ4n) is 2.39. The Morgan fingerprint density at radius 1 is 1.53 bits per heavy atom. The third-order valence-corrected chi connectivity index (χ3v) is 3.80. The zero-order valence-corrected chi connectivity index (χ0v) is 12.1. The summed E-state index contributed by atoms with van der Waals surface area (Å²) >= 11 is 6.21. The van der Waals surface area contributed by atoms with Crippen LogP contribution >= 0.6 is 11.6 Å². The largest absolute Gasteiger partial charge is 0.488 e. The normalized spacial score (nSPS) is 23.5. The van der Waals surface area contributed by atoms with E-state index in [1.165, 1.54) is 5.56 Å². The molecule has 0 amide bonds. The van der Waals surface area contributed by atoms with Gasteiger partial charge in [-0.15, -0.1) is 0 Å². The van der Waals surface area contributed by atoms with Crippen molar-refractivity contribution in [2.45, 2.75) is 19.5 Å². The second kappa shape index (κ2) is 6.42. The van der Waals surface area contributed by atoms with Gasteiger partial charge in [0.2, 0.25) is 0 Å². The fourth-order valence-corrected chi connectivity index (χ4v) is 2.65. The Morgan fingerprint density at radius 3 is 2.89 bits per heavy atom. The van der Waals surface area contributed by atoms with Crippen LogP contribution in [0.15, 0.2) is 30.9 Å². The average Bonchev–Trinajstić information content (AvgIpc) is 2.67. The van der Waals surface area contributed by atoms with E-state index in [0.29, 0.717) is 23.3 Å². The molecule has 0 aromatic heterocycles. The van der Waals surface area contributed by atoms with Gasteiger partial charge in [0, 0.05) is 25.7 Å². The summed E-state index contributed by atoms with van der Waals surface area (Å²) in [6.45, 7) is 9.18. The lowest BCUT2D eigenvalue weighted by atomic mass is 10.1. The van der Waals surface area contributed by atoms with Crippen LogP contribution < -0.4 is 10.5 Å². The molecule has 4 heteroatoms. The molecule has 104 valence electrons. The summed E-state index contributed by atoms with van der Waals surface area (Å²) in [7, 11) is 0. The molecule has 0 saturated carbocycles. The molecule has 0 radical (unpaired) electrons. The lowest BCUT2D eigenvalue weighted by Crippen LogP contribution is -2.28. The minimum Gasteiger partial charge on any atom is -0.488 e. The van der Waals surface area contributed by atoms with Gasteiger partial charge in [0.15, 0.2) is 0 Å². The molecule has 19 heavy (non-hydrogen) atoms. The first kappa shape index (κ1) is 14.4. The second-order valence-electron chi connectivity index (χ2n) is 5.20. The molecule has 1 aromatic rings. The van der Waals surface area contributed by atoms with Crippen molar-refractivity contribution in [1.29, 1.82) is 0 Å². The van der Waals surface area contributed by atoms with Crippen molar-refractivity contribution in [2.24, 2.45) is 11.7 Å². The van der Waals surface area contributed by atoms with Crippen LogP contribution in [0.25, 0.3) is 0 Å². The lowest BCUT2D eigenvalue weighted by molar-refractivity contribution is 0.318. The van der Waals surface area contributed by atoms with Crippen molar-refractivity contribution < 1.29 is 4.74 Å². The number of hydrogen-bond acceptors (Lipinski definition) is 3. The summed E-state index contributed by atoms with van der Waals surface area (Å²) in [6, 6.07) is 6.22. The summed E-state index contributed by atoms with van der Waals surface area (Å²) in [5, 5.41) is 0.649. The van der Waals surface area contributed by atoms with Crippen LogP contribution in [-0.2, 0) is 6.54 Å². The van der Waals surface area contributed by atoms with E-state index in [0.717, 1.165) is 19.6 Å². The molecule has 1 saturated heterocycles. The maximum Gasteiger partial charge on any atom is 0.138 e. The average molecular weight is 281 g/mol. The highest BCUT2D eigenvalue weighted by Gasteiger charge is 2.26. The van der Waals surface area contributed by atoms with Gasteiger partial charge in [-0.3, -0.25) is 4.90 Å². The van der Waals surface area contributed by atoms with Crippen LogP contribution in [-0.4, -0.2) is 30.6 Å². The van der Waals surface area contributed by atoms with Gasteiger partial charge in [0.25, 0.3) is 0 Å². The van der Waals surface area contributed by atoms with E-state index >= 15 is 0 Å². The first-order valence-electron chi connectivity index (χ1n) is 6.60. The Labute approximate surface area is 120 Å². The molecule has 1 fully saturated rings. The smallest absolute Gasteiger partial charge is 0.138 e. The number of nitrogens with zero attached hydrogens (tertiary/aromatic N) is 1. The molecule has 1 aliphatic rings. The SMILES string of the molecule is C=CCOc1ccc(CN2CC(C)C(N)C2)cc1Cl. The minimum absolute atomic E-state index is 0.283. The topological polar surface area (TPSA) is 38.5 Å². The molecule has 1 aliphatic heterocycles. The number of rotatable bonds is 5. The van der Waals surface area contributed by atoms with Crippen molar-refractivity contribution in [3.63, 3.8) is 0 Å². The van der Waals surface area contributed by atoms with Crippen LogP contribution in [0.5, 0.6) is 5.75 Å². The Balaban J connectivity index is 1.98. The number of likely N-dealkylation sites (tertiary alicyclic amines) is 1. The Hall–Kier alpha value is -1.03. The second-order valence-corrected chi connectivity index (χ2v) is 5.61.